The fourth-order valence-corrected chi connectivity index (χ4v) is 3.57. The molecule has 0 N–H and O–H groups in total. The van der Waals surface area contributed by atoms with E-state index in [1.54, 1.807) is 7.11 Å². The van der Waals surface area contributed by atoms with Gasteiger partial charge >= 0.3 is 0 Å². The molecule has 0 spiro atoms. The fraction of sp³-hybridized carbons (Fsp3) is 1.00. The van der Waals surface area contributed by atoms with E-state index in [0.29, 0.717) is 31.8 Å². The predicted molar refractivity (Wildman–Crippen MR) is 78.4 cm³/mol. The number of alkyl halides is 2. The Morgan fingerprint density at radius 3 is 1.88 bits per heavy atom. The Hall–Kier alpha value is 0.840. The maximum absolute atomic E-state index is 5.57. The second-order valence-corrected chi connectivity index (χ2v) is 5.21. The molecule has 0 saturated heterocycles. The van der Waals surface area contributed by atoms with Gasteiger partial charge in [0, 0.05) is 24.4 Å². The minimum atomic E-state index is 0.316. The van der Waals surface area contributed by atoms with Gasteiger partial charge < -0.3 is 14.2 Å². The Morgan fingerprint density at radius 2 is 1.41 bits per heavy atom. The van der Waals surface area contributed by atoms with Crippen molar-refractivity contribution in [3.8, 4) is 0 Å². The highest BCUT2D eigenvalue weighted by Crippen LogP contribution is 2.31. The summed E-state index contributed by atoms with van der Waals surface area (Å²) in [5, 5.41) is 2.02. The molecule has 0 saturated carbocycles. The first kappa shape index (κ1) is 17.8. The average molecular weight is 376 g/mol. The van der Waals surface area contributed by atoms with Gasteiger partial charge in [0.05, 0.1) is 26.4 Å². The number of rotatable bonds is 12. The zero-order valence-corrected chi connectivity index (χ0v) is 14.0. The van der Waals surface area contributed by atoms with E-state index < -0.39 is 0 Å². The molecule has 0 aliphatic heterocycles. The Morgan fingerprint density at radius 1 is 0.882 bits per heavy atom. The molecule has 0 aliphatic rings. The summed E-state index contributed by atoms with van der Waals surface area (Å²) in [5.74, 6) is 0. The van der Waals surface area contributed by atoms with Crippen LogP contribution in [0.3, 0.4) is 0 Å². The zero-order valence-electron chi connectivity index (χ0n) is 10.8. The Bertz CT molecular complexity index is 156. The monoisotopic (exact) mass is 374 g/mol. The van der Waals surface area contributed by atoms with Gasteiger partial charge in [0.15, 0.2) is 0 Å². The second-order valence-electron chi connectivity index (χ2n) is 4.09. The van der Waals surface area contributed by atoms with Crippen LogP contribution in [0.4, 0.5) is 0 Å². The van der Waals surface area contributed by atoms with Crippen molar-refractivity contribution in [2.75, 3.05) is 50.8 Å². The molecule has 0 atom stereocenters. The van der Waals surface area contributed by atoms with Gasteiger partial charge in [-0.2, -0.15) is 0 Å². The van der Waals surface area contributed by atoms with Crippen molar-refractivity contribution in [3.05, 3.63) is 0 Å². The van der Waals surface area contributed by atoms with E-state index in [2.05, 4.69) is 38.8 Å². The number of ether oxygens (including phenoxy) is 3. The molecule has 0 amide bonds. The zero-order chi connectivity index (χ0) is 13.0. The predicted octanol–water partition coefficient (Wildman–Crippen LogP) is 3.24. The molecular weight excluding hydrogens is 352 g/mol. The summed E-state index contributed by atoms with van der Waals surface area (Å²) in [6, 6.07) is 0. The summed E-state index contributed by atoms with van der Waals surface area (Å²) >= 11 is 7.16. The molecule has 3 nitrogen and oxygen atoms in total. The smallest absolute Gasteiger partial charge is 0.0701 e. The lowest BCUT2D eigenvalue weighted by Crippen LogP contribution is -2.26. The number of hydrogen-bond acceptors (Lipinski definition) is 3. The van der Waals surface area contributed by atoms with Crippen molar-refractivity contribution < 1.29 is 14.2 Å². The summed E-state index contributed by atoms with van der Waals surface area (Å²) in [6.07, 6.45) is 2.22. The second kappa shape index (κ2) is 11.9. The lowest BCUT2D eigenvalue weighted by Gasteiger charge is -2.28. The van der Waals surface area contributed by atoms with Crippen LogP contribution >= 0.6 is 31.9 Å². The number of methoxy groups -OCH3 is 1. The van der Waals surface area contributed by atoms with Crippen LogP contribution in [0.2, 0.25) is 0 Å². The molecule has 0 unspecified atom stereocenters. The largest absolute Gasteiger partial charge is 0.382 e. The molecule has 0 bridgehead atoms. The molecule has 0 heterocycles. The van der Waals surface area contributed by atoms with Crippen molar-refractivity contribution in [2.24, 2.45) is 5.41 Å². The lowest BCUT2D eigenvalue weighted by molar-refractivity contribution is 0.0189. The van der Waals surface area contributed by atoms with E-state index in [1.165, 1.54) is 0 Å². The van der Waals surface area contributed by atoms with Gasteiger partial charge in [-0.3, -0.25) is 0 Å². The molecule has 104 valence electrons. The Kier molecular flexibility index (Phi) is 12.5. The molecule has 5 heteroatoms. The molecule has 0 aliphatic carbocycles. The summed E-state index contributed by atoms with van der Waals surface area (Å²) in [7, 11) is 1.67. The van der Waals surface area contributed by atoms with Crippen molar-refractivity contribution in [3.63, 3.8) is 0 Å². The van der Waals surface area contributed by atoms with Crippen LogP contribution in [0, 0.1) is 5.41 Å². The van der Waals surface area contributed by atoms with Crippen LogP contribution in [0.15, 0.2) is 0 Å². The summed E-state index contributed by atoms with van der Waals surface area (Å²) in [5.41, 5.74) is 0.316. The highest BCUT2D eigenvalue weighted by Gasteiger charge is 2.25. The van der Waals surface area contributed by atoms with Crippen molar-refractivity contribution >= 4 is 31.9 Å². The minimum Gasteiger partial charge on any atom is -0.382 e. The standard InChI is InChI=1S/C12H24Br2O3/c1-3-12(10-13,11-14)4-5-16-8-9-17-7-6-15-2/h3-11H2,1-2H3. The average Bonchev–Trinajstić information content (AvgIpc) is 2.38. The third-order valence-corrected chi connectivity index (χ3v) is 5.28. The van der Waals surface area contributed by atoms with Gasteiger partial charge in [0.1, 0.15) is 0 Å². The SMILES string of the molecule is CCC(CBr)(CBr)CCOCCOCCOC. The van der Waals surface area contributed by atoms with E-state index in [9.17, 15) is 0 Å². The van der Waals surface area contributed by atoms with Gasteiger partial charge in [0.2, 0.25) is 0 Å². The van der Waals surface area contributed by atoms with Crippen LogP contribution in [0.25, 0.3) is 0 Å². The van der Waals surface area contributed by atoms with Gasteiger partial charge in [-0.1, -0.05) is 38.8 Å². The molecule has 0 radical (unpaired) electrons. The summed E-state index contributed by atoms with van der Waals surface area (Å²) in [6.45, 7) is 5.60. The van der Waals surface area contributed by atoms with E-state index in [0.717, 1.165) is 30.1 Å². The van der Waals surface area contributed by atoms with Gasteiger partial charge in [0.25, 0.3) is 0 Å². The third-order valence-electron chi connectivity index (χ3n) is 2.90. The molecule has 0 rings (SSSR count). The molecule has 0 aromatic rings. The van der Waals surface area contributed by atoms with Crippen molar-refractivity contribution in [1.82, 2.24) is 0 Å². The highest BCUT2D eigenvalue weighted by molar-refractivity contribution is 9.09. The highest BCUT2D eigenvalue weighted by atomic mass is 79.9. The van der Waals surface area contributed by atoms with Crippen LogP contribution in [-0.4, -0.2) is 50.8 Å². The molecular formula is C12H24Br2O3. The molecule has 17 heavy (non-hydrogen) atoms. The van der Waals surface area contributed by atoms with Gasteiger partial charge in [-0.05, 0) is 18.3 Å². The van der Waals surface area contributed by atoms with Crippen LogP contribution in [0.5, 0.6) is 0 Å². The van der Waals surface area contributed by atoms with Crippen LogP contribution in [-0.2, 0) is 14.2 Å². The van der Waals surface area contributed by atoms with E-state index in [-0.39, 0.29) is 0 Å². The van der Waals surface area contributed by atoms with E-state index >= 15 is 0 Å². The first-order valence-corrected chi connectivity index (χ1v) is 8.25. The molecule has 0 aromatic carbocycles. The maximum Gasteiger partial charge on any atom is 0.0701 e. The van der Waals surface area contributed by atoms with Gasteiger partial charge in [-0.25, -0.2) is 0 Å². The number of halogens is 2. The van der Waals surface area contributed by atoms with E-state index in [1.807, 2.05) is 0 Å². The quantitative estimate of drug-likeness (QED) is 0.387. The molecule has 0 fully saturated rings. The summed E-state index contributed by atoms with van der Waals surface area (Å²) < 4.78 is 15.8. The lowest BCUT2D eigenvalue weighted by atomic mass is 9.87. The third kappa shape index (κ3) is 8.54. The number of hydrogen-bond donors (Lipinski definition) is 0. The first-order valence-electron chi connectivity index (χ1n) is 6.01. The Balaban J connectivity index is 3.43. The minimum absolute atomic E-state index is 0.316. The van der Waals surface area contributed by atoms with E-state index in [4.69, 9.17) is 14.2 Å². The van der Waals surface area contributed by atoms with Crippen LogP contribution < -0.4 is 0 Å². The van der Waals surface area contributed by atoms with Gasteiger partial charge in [-0.15, -0.1) is 0 Å². The first-order chi connectivity index (χ1) is 8.24. The fourth-order valence-electron chi connectivity index (χ4n) is 1.29. The van der Waals surface area contributed by atoms with Crippen LogP contribution in [0.1, 0.15) is 19.8 Å². The topological polar surface area (TPSA) is 27.7 Å². The normalized spacial score (nSPS) is 12.0. The molecule has 0 aromatic heterocycles. The van der Waals surface area contributed by atoms with Crippen molar-refractivity contribution in [1.29, 1.82) is 0 Å². The Labute approximate surface area is 122 Å². The maximum atomic E-state index is 5.57. The van der Waals surface area contributed by atoms with Crippen molar-refractivity contribution in [2.45, 2.75) is 19.8 Å². The summed E-state index contributed by atoms with van der Waals surface area (Å²) in [4.78, 5) is 0.